The van der Waals surface area contributed by atoms with Crippen molar-refractivity contribution < 1.29 is 20.3 Å². The first-order valence-corrected chi connectivity index (χ1v) is 20.5. The maximum Gasteiger partial charge on any atom is 0.269 e. The zero-order valence-corrected chi connectivity index (χ0v) is 34.7. The van der Waals surface area contributed by atoms with Gasteiger partial charge < -0.3 is 4.74 Å². The Morgan fingerprint density at radius 2 is 1.21 bits per heavy atom. The Kier molecular flexibility index (Phi) is 6.50. The fourth-order valence-electron chi connectivity index (χ4n) is 8.80. The third kappa shape index (κ3) is 5.98. The number of para-hydroxylation sites is 3. The first-order chi connectivity index (χ1) is 32.8. The molecule has 7 aromatic carbocycles. The van der Waals surface area contributed by atoms with Crippen LogP contribution in [0.15, 0.2) is 170 Å². The van der Waals surface area contributed by atoms with Crippen molar-refractivity contribution in [1.82, 2.24) is 14.1 Å². The van der Waals surface area contributed by atoms with Crippen LogP contribution in [0.2, 0.25) is 0 Å². The van der Waals surface area contributed by atoms with E-state index in [9.17, 15) is 5.48 Å². The lowest BCUT2D eigenvalue weighted by Crippen LogP contribution is -2.35. The smallest absolute Gasteiger partial charge is 0.269 e. The molecular weight excluding hydrogens is 745 g/mol. The SMILES string of the molecule is [2H]c1c([2H])c([2H])c2c(c1[2H])-c1cccc(C(C)(C)C)c1-[n+]1[c-]n(-c3cccc(Oc4ccc5c6ccccc6n(-c6cc(C(C)(C)C)ccn6)c5c4)c3)c3cccc(c31)-c1c([2H])c([2H])c([2H])c([2H])c1-2. The molecule has 0 amide bonds. The normalized spacial score (nSPS) is 14.3. The van der Waals surface area contributed by atoms with Crippen molar-refractivity contribution in [3.8, 4) is 62.1 Å². The summed E-state index contributed by atoms with van der Waals surface area (Å²) in [6.45, 7) is 12.8. The fraction of sp³-hybridized carbons (Fsp3) is 0.143. The summed E-state index contributed by atoms with van der Waals surface area (Å²) in [5, 5.41) is 2.17. The molecule has 0 aliphatic carbocycles. The highest BCUT2D eigenvalue weighted by molar-refractivity contribution is 6.09. The molecule has 4 heterocycles. The number of hydrogen-bond donors (Lipinski definition) is 0. The van der Waals surface area contributed by atoms with Gasteiger partial charge in [0, 0.05) is 23.0 Å². The minimum absolute atomic E-state index is 0.00374. The first kappa shape index (κ1) is 29.1. The predicted molar refractivity (Wildman–Crippen MR) is 250 cm³/mol. The van der Waals surface area contributed by atoms with Gasteiger partial charge in [0.15, 0.2) is 0 Å². The highest BCUT2D eigenvalue weighted by Crippen LogP contribution is 2.45. The number of rotatable bonds is 4. The summed E-state index contributed by atoms with van der Waals surface area (Å²) in [6, 6.07) is 34.2. The number of imidazole rings is 1. The molecule has 5 nitrogen and oxygen atoms in total. The van der Waals surface area contributed by atoms with Gasteiger partial charge in [-0.15, -0.1) is 0 Å². The van der Waals surface area contributed by atoms with Crippen LogP contribution in [0, 0.1) is 6.33 Å². The predicted octanol–water partition coefficient (Wildman–Crippen LogP) is 13.9. The third-order valence-electron chi connectivity index (χ3n) is 11.7. The van der Waals surface area contributed by atoms with Gasteiger partial charge in [0.25, 0.3) is 6.33 Å². The molecule has 0 N–H and O–H groups in total. The second-order valence-electron chi connectivity index (χ2n) is 17.7. The molecule has 61 heavy (non-hydrogen) atoms. The van der Waals surface area contributed by atoms with Gasteiger partial charge in [-0.05, 0) is 104 Å². The van der Waals surface area contributed by atoms with Crippen LogP contribution < -0.4 is 9.30 Å². The highest BCUT2D eigenvalue weighted by atomic mass is 16.5. The van der Waals surface area contributed by atoms with E-state index < -0.39 is 41.7 Å². The minimum Gasteiger partial charge on any atom is -0.458 e. The average molecular weight is 799 g/mol. The Balaban J connectivity index is 1.15. The van der Waals surface area contributed by atoms with Crippen LogP contribution in [0.25, 0.3) is 83.4 Å². The van der Waals surface area contributed by atoms with Crippen LogP contribution in [0.1, 0.15) is 63.6 Å². The molecule has 0 fully saturated rings. The van der Waals surface area contributed by atoms with Gasteiger partial charge >= 0.3 is 0 Å². The molecule has 0 bridgehead atoms. The summed E-state index contributed by atoms with van der Waals surface area (Å²) in [5.74, 6) is 1.99. The molecule has 1 aliphatic rings. The lowest BCUT2D eigenvalue weighted by molar-refractivity contribution is -0.572. The third-order valence-corrected chi connectivity index (χ3v) is 11.7. The largest absolute Gasteiger partial charge is 0.458 e. The lowest BCUT2D eigenvalue weighted by atomic mass is 9.82. The molecule has 3 aromatic heterocycles. The number of ether oxygens (including phenoxy) is 1. The summed E-state index contributed by atoms with van der Waals surface area (Å²) < 4.78 is 85.9. The summed E-state index contributed by atoms with van der Waals surface area (Å²) in [4.78, 5) is 4.85. The standard InChI is InChI=1S/C56H46N4O/c1-55(2,3)36-30-31-57-52(32-36)60-49-26-12-11-22-44(49)45-29-28-39(34-51(45)60)61-38-17-13-16-37(33-38)58-35-59-53-46(23-14-25-48(53)56(4,5)6)42-20-9-7-18-40(42)41-19-8-10-21-43(41)47-24-15-27-50(58)54(47)59/h7-34H,1-6H3/i7D,8D,9D,10D,18D,19D,20D,21D. The van der Waals surface area contributed by atoms with Gasteiger partial charge in [-0.2, -0.15) is 0 Å². The molecule has 0 radical (unpaired) electrons. The highest BCUT2D eigenvalue weighted by Gasteiger charge is 2.29. The van der Waals surface area contributed by atoms with Crippen molar-refractivity contribution in [2.24, 2.45) is 0 Å². The van der Waals surface area contributed by atoms with Crippen LogP contribution in [-0.2, 0) is 10.8 Å². The van der Waals surface area contributed by atoms with Crippen molar-refractivity contribution in [2.45, 2.75) is 52.4 Å². The lowest BCUT2D eigenvalue weighted by Gasteiger charge is -2.26. The van der Waals surface area contributed by atoms with E-state index in [0.717, 1.165) is 33.2 Å². The number of fused-ring (bicyclic) bond motifs is 10. The van der Waals surface area contributed by atoms with Gasteiger partial charge in [-0.25, -0.2) is 4.98 Å². The van der Waals surface area contributed by atoms with E-state index in [1.165, 1.54) is 5.56 Å². The Hall–Kier alpha value is -7.24. The molecule has 0 saturated heterocycles. The molecule has 296 valence electrons. The van der Waals surface area contributed by atoms with Crippen molar-refractivity contribution in [3.63, 3.8) is 0 Å². The monoisotopic (exact) mass is 798 g/mol. The van der Waals surface area contributed by atoms with Gasteiger partial charge in [0.1, 0.15) is 17.3 Å². The van der Waals surface area contributed by atoms with E-state index in [1.54, 1.807) is 6.07 Å². The molecular formula is C56H46N4O. The number of benzene rings is 7. The maximum atomic E-state index is 9.47. The van der Waals surface area contributed by atoms with Crippen LogP contribution in [0.4, 0.5) is 0 Å². The molecule has 11 rings (SSSR count). The van der Waals surface area contributed by atoms with Gasteiger partial charge in [0.05, 0.1) is 44.4 Å². The van der Waals surface area contributed by atoms with E-state index in [2.05, 4.69) is 82.8 Å². The van der Waals surface area contributed by atoms with Crippen LogP contribution in [0.5, 0.6) is 11.5 Å². The molecule has 0 saturated carbocycles. The number of nitrogens with zero attached hydrogens (tertiary/aromatic N) is 4. The molecule has 0 spiro atoms. The Bertz CT molecular complexity index is 3840. The first-order valence-electron chi connectivity index (χ1n) is 24.5. The van der Waals surface area contributed by atoms with E-state index >= 15 is 0 Å². The second-order valence-corrected chi connectivity index (χ2v) is 17.7. The van der Waals surface area contributed by atoms with Crippen molar-refractivity contribution in [3.05, 3.63) is 187 Å². The van der Waals surface area contributed by atoms with Crippen molar-refractivity contribution in [1.29, 1.82) is 0 Å². The molecule has 5 heteroatoms. The van der Waals surface area contributed by atoms with Gasteiger partial charge in [-0.1, -0.05) is 151 Å². The van der Waals surface area contributed by atoms with E-state index in [4.69, 9.17) is 15.2 Å². The molecule has 1 aliphatic heterocycles. The maximum absolute atomic E-state index is 9.47. The summed E-state index contributed by atoms with van der Waals surface area (Å²) in [6.07, 6.45) is 5.51. The summed E-state index contributed by atoms with van der Waals surface area (Å²) in [5.41, 5.74) is 7.09. The zero-order chi connectivity index (χ0) is 48.6. The minimum atomic E-state index is -0.506. The number of pyridine rings is 1. The van der Waals surface area contributed by atoms with Crippen LogP contribution >= 0.6 is 0 Å². The number of hydrogen-bond acceptors (Lipinski definition) is 2. The second kappa shape index (κ2) is 13.7. The molecule has 0 atom stereocenters. The van der Waals surface area contributed by atoms with Crippen LogP contribution in [0.3, 0.4) is 0 Å². The zero-order valence-electron chi connectivity index (χ0n) is 42.7. The Morgan fingerprint density at radius 1 is 0.574 bits per heavy atom. The topological polar surface area (TPSA) is 35.9 Å². The van der Waals surface area contributed by atoms with Crippen molar-refractivity contribution in [2.75, 3.05) is 0 Å². The average Bonchev–Trinajstić information content (AvgIpc) is 3.89. The van der Waals surface area contributed by atoms with Gasteiger partial charge in [-0.3, -0.25) is 13.7 Å². The quantitative estimate of drug-likeness (QED) is 0.131. The van der Waals surface area contributed by atoms with E-state index in [1.807, 2.05) is 94.2 Å². The fourth-order valence-corrected chi connectivity index (χ4v) is 8.80. The summed E-state index contributed by atoms with van der Waals surface area (Å²) in [7, 11) is 0. The van der Waals surface area contributed by atoms with E-state index in [0.29, 0.717) is 45.0 Å². The van der Waals surface area contributed by atoms with Gasteiger partial charge in [0.2, 0.25) is 0 Å². The summed E-state index contributed by atoms with van der Waals surface area (Å²) >= 11 is 0. The Labute approximate surface area is 368 Å². The Morgan fingerprint density at radius 3 is 1.97 bits per heavy atom. The van der Waals surface area contributed by atoms with Crippen molar-refractivity contribution >= 4 is 32.8 Å². The number of aromatic nitrogens is 4. The van der Waals surface area contributed by atoms with Crippen LogP contribution in [-0.4, -0.2) is 14.1 Å². The molecule has 0 unspecified atom stereocenters. The molecule has 10 aromatic rings. The van der Waals surface area contributed by atoms with E-state index in [-0.39, 0.29) is 39.8 Å².